The molecule has 2 heteroatoms. The quantitative estimate of drug-likeness (QED) is 0.562. The van der Waals surface area contributed by atoms with Crippen LogP contribution >= 0.6 is 22.6 Å². The molecule has 17 heavy (non-hydrogen) atoms. The van der Waals surface area contributed by atoms with Crippen molar-refractivity contribution in [3.63, 3.8) is 0 Å². The summed E-state index contributed by atoms with van der Waals surface area (Å²) in [5.74, 6) is 0.972. The van der Waals surface area contributed by atoms with E-state index in [0.717, 1.165) is 11.5 Å². The van der Waals surface area contributed by atoms with Gasteiger partial charge in [0.15, 0.2) is 5.78 Å². The number of hydrogen-bond acceptors (Lipinski definition) is 1. The molecule has 2 rings (SSSR count). The largest absolute Gasteiger partial charge is 0.294 e. The predicted octanol–water partition coefficient (Wildman–Crippen LogP) is 4.93. The van der Waals surface area contributed by atoms with Gasteiger partial charge in [-0.05, 0) is 53.0 Å². The van der Waals surface area contributed by atoms with E-state index in [4.69, 9.17) is 0 Å². The van der Waals surface area contributed by atoms with Crippen molar-refractivity contribution in [3.8, 4) is 0 Å². The summed E-state index contributed by atoms with van der Waals surface area (Å²) in [6.07, 6.45) is 7.33. The zero-order valence-electron chi connectivity index (χ0n) is 10.3. The summed E-state index contributed by atoms with van der Waals surface area (Å²) in [6, 6.07) is 6.26. The molecule has 0 aliphatic heterocycles. The SMILES string of the molecule is CCC(=O)c1ccc(C2CCCCC2)c(I)c1. The fourth-order valence-electron chi connectivity index (χ4n) is 2.65. The van der Waals surface area contributed by atoms with E-state index in [-0.39, 0.29) is 5.78 Å². The van der Waals surface area contributed by atoms with Crippen LogP contribution in [0.4, 0.5) is 0 Å². The number of halogens is 1. The van der Waals surface area contributed by atoms with Gasteiger partial charge in [-0.2, -0.15) is 0 Å². The van der Waals surface area contributed by atoms with Crippen LogP contribution in [0.15, 0.2) is 18.2 Å². The standard InChI is InChI=1S/C15H19IO/c1-2-15(17)12-8-9-13(14(16)10-12)11-6-4-3-5-7-11/h8-11H,2-7H2,1H3. The number of hydrogen-bond donors (Lipinski definition) is 0. The van der Waals surface area contributed by atoms with Gasteiger partial charge >= 0.3 is 0 Å². The summed E-state index contributed by atoms with van der Waals surface area (Å²) in [7, 11) is 0. The molecule has 92 valence electrons. The Balaban J connectivity index is 2.21. The molecule has 0 heterocycles. The second-order valence-corrected chi connectivity index (χ2v) is 6.01. The molecule has 1 saturated carbocycles. The first-order chi connectivity index (χ1) is 8.22. The average molecular weight is 342 g/mol. The summed E-state index contributed by atoms with van der Waals surface area (Å²) >= 11 is 2.39. The Hall–Kier alpha value is -0.380. The highest BCUT2D eigenvalue weighted by atomic mass is 127. The van der Waals surface area contributed by atoms with Gasteiger partial charge in [0.25, 0.3) is 0 Å². The van der Waals surface area contributed by atoms with Crippen LogP contribution in [-0.2, 0) is 0 Å². The second kappa shape index (κ2) is 5.98. The van der Waals surface area contributed by atoms with Crippen molar-refractivity contribution < 1.29 is 4.79 Å². The van der Waals surface area contributed by atoms with Crippen LogP contribution in [0.2, 0.25) is 0 Å². The van der Waals surface area contributed by atoms with Crippen LogP contribution in [0.3, 0.4) is 0 Å². The topological polar surface area (TPSA) is 17.1 Å². The Labute approximate surface area is 117 Å². The Bertz CT molecular complexity index is 405. The van der Waals surface area contributed by atoms with Crippen LogP contribution in [0.1, 0.15) is 67.3 Å². The molecule has 0 radical (unpaired) electrons. The first kappa shape index (κ1) is 13.1. The minimum absolute atomic E-state index is 0.248. The maximum atomic E-state index is 11.6. The first-order valence-electron chi connectivity index (χ1n) is 6.55. The third kappa shape index (κ3) is 3.09. The molecular weight excluding hydrogens is 323 g/mol. The van der Waals surface area contributed by atoms with Crippen molar-refractivity contribution in [1.29, 1.82) is 0 Å². The molecule has 1 fully saturated rings. The van der Waals surface area contributed by atoms with E-state index in [9.17, 15) is 4.79 Å². The highest BCUT2D eigenvalue weighted by Crippen LogP contribution is 2.35. The molecule has 0 aromatic heterocycles. The number of benzene rings is 1. The van der Waals surface area contributed by atoms with Gasteiger partial charge in [-0.25, -0.2) is 0 Å². The molecule has 0 spiro atoms. The van der Waals surface area contributed by atoms with Crippen LogP contribution in [0, 0.1) is 3.57 Å². The number of rotatable bonds is 3. The molecule has 0 atom stereocenters. The van der Waals surface area contributed by atoms with Crippen molar-refractivity contribution in [3.05, 3.63) is 32.9 Å². The van der Waals surface area contributed by atoms with Crippen molar-refractivity contribution in [2.45, 2.75) is 51.4 Å². The van der Waals surface area contributed by atoms with E-state index in [2.05, 4.69) is 34.7 Å². The Morgan fingerprint density at radius 2 is 2.00 bits per heavy atom. The summed E-state index contributed by atoms with van der Waals surface area (Å²) in [6.45, 7) is 1.92. The molecule has 0 unspecified atom stereocenters. The smallest absolute Gasteiger partial charge is 0.162 e. The summed E-state index contributed by atoms with van der Waals surface area (Å²) in [5, 5.41) is 0. The lowest BCUT2D eigenvalue weighted by Gasteiger charge is -2.23. The molecule has 1 aromatic rings. The molecule has 0 N–H and O–H groups in total. The molecule has 1 nitrogen and oxygen atoms in total. The molecule has 1 aromatic carbocycles. The molecule has 1 aliphatic rings. The van der Waals surface area contributed by atoms with E-state index in [1.54, 1.807) is 0 Å². The molecule has 0 amide bonds. The third-order valence-corrected chi connectivity index (χ3v) is 4.62. The van der Waals surface area contributed by atoms with Gasteiger partial charge < -0.3 is 0 Å². The van der Waals surface area contributed by atoms with Crippen LogP contribution in [-0.4, -0.2) is 5.78 Å². The minimum atomic E-state index is 0.248. The van der Waals surface area contributed by atoms with Crippen molar-refractivity contribution in [1.82, 2.24) is 0 Å². The fraction of sp³-hybridized carbons (Fsp3) is 0.533. The third-order valence-electron chi connectivity index (χ3n) is 3.69. The van der Waals surface area contributed by atoms with Gasteiger partial charge in [-0.3, -0.25) is 4.79 Å². The van der Waals surface area contributed by atoms with Crippen LogP contribution in [0.5, 0.6) is 0 Å². The van der Waals surface area contributed by atoms with E-state index in [0.29, 0.717) is 6.42 Å². The van der Waals surface area contributed by atoms with Crippen molar-refractivity contribution >= 4 is 28.4 Å². The maximum Gasteiger partial charge on any atom is 0.162 e. The lowest BCUT2D eigenvalue weighted by Crippen LogP contribution is -2.07. The number of ketones is 1. The van der Waals surface area contributed by atoms with Crippen molar-refractivity contribution in [2.75, 3.05) is 0 Å². The normalized spacial score (nSPS) is 17.1. The van der Waals surface area contributed by atoms with Crippen LogP contribution < -0.4 is 0 Å². The Kier molecular flexibility index (Phi) is 4.60. The maximum absolute atomic E-state index is 11.6. The first-order valence-corrected chi connectivity index (χ1v) is 7.63. The minimum Gasteiger partial charge on any atom is -0.294 e. The Morgan fingerprint density at radius 1 is 1.29 bits per heavy atom. The van der Waals surface area contributed by atoms with Gasteiger partial charge in [0.05, 0.1) is 0 Å². The van der Waals surface area contributed by atoms with Crippen molar-refractivity contribution in [2.24, 2.45) is 0 Å². The summed E-state index contributed by atoms with van der Waals surface area (Å²) in [4.78, 5) is 11.6. The average Bonchev–Trinajstić information content (AvgIpc) is 2.38. The van der Waals surface area contributed by atoms with E-state index >= 15 is 0 Å². The lowest BCUT2D eigenvalue weighted by molar-refractivity contribution is 0.0988. The van der Waals surface area contributed by atoms with E-state index < -0.39 is 0 Å². The van der Waals surface area contributed by atoms with Gasteiger partial charge in [0.1, 0.15) is 0 Å². The number of carbonyl (C=O) groups is 1. The number of Topliss-reactive ketones (excluding diaryl/α,β-unsaturated/α-hetero) is 1. The van der Waals surface area contributed by atoms with Gasteiger partial charge in [0.2, 0.25) is 0 Å². The zero-order valence-corrected chi connectivity index (χ0v) is 12.5. The highest BCUT2D eigenvalue weighted by molar-refractivity contribution is 14.1. The molecular formula is C15H19IO. The molecule has 0 saturated heterocycles. The highest BCUT2D eigenvalue weighted by Gasteiger charge is 2.18. The van der Waals surface area contributed by atoms with Gasteiger partial charge in [-0.1, -0.05) is 38.3 Å². The predicted molar refractivity (Wildman–Crippen MR) is 79.6 cm³/mol. The fourth-order valence-corrected chi connectivity index (χ4v) is 3.61. The monoisotopic (exact) mass is 342 g/mol. The molecule has 0 bridgehead atoms. The zero-order chi connectivity index (χ0) is 12.3. The van der Waals surface area contributed by atoms with Gasteiger partial charge in [-0.15, -0.1) is 0 Å². The Morgan fingerprint density at radius 3 is 2.59 bits per heavy atom. The second-order valence-electron chi connectivity index (χ2n) is 4.85. The van der Waals surface area contributed by atoms with E-state index in [1.165, 1.54) is 41.2 Å². The van der Waals surface area contributed by atoms with E-state index in [1.807, 2.05) is 13.0 Å². The van der Waals surface area contributed by atoms with Crippen LogP contribution in [0.25, 0.3) is 0 Å². The summed E-state index contributed by atoms with van der Waals surface area (Å²) < 4.78 is 1.27. The van der Waals surface area contributed by atoms with Gasteiger partial charge in [0, 0.05) is 15.6 Å². The number of carbonyl (C=O) groups excluding carboxylic acids is 1. The molecule has 1 aliphatic carbocycles. The summed E-state index contributed by atoms with van der Waals surface area (Å²) in [5.41, 5.74) is 2.33. The lowest BCUT2D eigenvalue weighted by atomic mass is 9.84.